The summed E-state index contributed by atoms with van der Waals surface area (Å²) in [6.07, 6.45) is 1.20. The summed E-state index contributed by atoms with van der Waals surface area (Å²) in [7, 11) is 2.06. The lowest BCUT2D eigenvalue weighted by molar-refractivity contribution is -0.135. The molecule has 0 saturated carbocycles. The van der Waals surface area contributed by atoms with Gasteiger partial charge >= 0.3 is 0 Å². The van der Waals surface area contributed by atoms with Crippen LogP contribution in [0.4, 0.5) is 4.39 Å². The van der Waals surface area contributed by atoms with Gasteiger partial charge in [0.25, 0.3) is 0 Å². The molecule has 2 saturated heterocycles. The number of halogens is 1. The number of likely N-dealkylation sites (tertiary alicyclic amines) is 1. The maximum absolute atomic E-state index is 13.8. The van der Waals surface area contributed by atoms with E-state index in [1.807, 2.05) is 4.90 Å². The summed E-state index contributed by atoms with van der Waals surface area (Å²) in [5, 5.41) is 0. The van der Waals surface area contributed by atoms with Gasteiger partial charge in [-0.15, -0.1) is 0 Å². The third-order valence-electron chi connectivity index (χ3n) is 4.91. The lowest BCUT2D eigenvalue weighted by Gasteiger charge is -2.24. The molecule has 0 spiro atoms. The van der Waals surface area contributed by atoms with Crippen molar-refractivity contribution >= 4 is 11.8 Å². The zero-order valence-electron chi connectivity index (χ0n) is 14.1. The normalized spacial score (nSPS) is 22.8. The summed E-state index contributed by atoms with van der Waals surface area (Å²) < 4.78 is 13.8. The number of carbonyl (C=O) groups is 2. The van der Waals surface area contributed by atoms with Crippen molar-refractivity contribution in [2.24, 2.45) is 5.92 Å². The smallest absolute Gasteiger partial charge is 0.228 e. The minimum atomic E-state index is -0.310. The Labute approximate surface area is 142 Å². The monoisotopic (exact) mass is 333 g/mol. The molecule has 2 aliphatic rings. The molecule has 130 valence electrons. The number of amides is 2. The first-order valence-corrected chi connectivity index (χ1v) is 8.53. The van der Waals surface area contributed by atoms with E-state index in [1.165, 1.54) is 6.07 Å². The van der Waals surface area contributed by atoms with E-state index in [2.05, 4.69) is 11.9 Å². The van der Waals surface area contributed by atoms with Gasteiger partial charge in [-0.2, -0.15) is 0 Å². The van der Waals surface area contributed by atoms with E-state index < -0.39 is 0 Å². The number of rotatable bonds is 3. The molecule has 2 heterocycles. The van der Waals surface area contributed by atoms with Crippen LogP contribution in [0.1, 0.15) is 18.4 Å². The van der Waals surface area contributed by atoms with E-state index in [1.54, 1.807) is 23.1 Å². The fourth-order valence-electron chi connectivity index (χ4n) is 3.45. The largest absolute Gasteiger partial charge is 0.341 e. The van der Waals surface area contributed by atoms with Crippen molar-refractivity contribution in [3.8, 4) is 0 Å². The Hall–Kier alpha value is -1.95. The molecule has 1 unspecified atom stereocenters. The second-order valence-electron chi connectivity index (χ2n) is 6.75. The van der Waals surface area contributed by atoms with Gasteiger partial charge in [-0.25, -0.2) is 4.39 Å². The zero-order chi connectivity index (χ0) is 17.1. The Morgan fingerprint density at radius 1 is 1.21 bits per heavy atom. The second-order valence-corrected chi connectivity index (χ2v) is 6.75. The second kappa shape index (κ2) is 7.30. The van der Waals surface area contributed by atoms with Gasteiger partial charge < -0.3 is 14.7 Å². The number of benzene rings is 1. The summed E-state index contributed by atoms with van der Waals surface area (Å²) in [5.41, 5.74) is 0.496. The van der Waals surface area contributed by atoms with Gasteiger partial charge in [-0.3, -0.25) is 9.59 Å². The van der Waals surface area contributed by atoms with Crippen LogP contribution in [0, 0.1) is 11.7 Å². The third kappa shape index (κ3) is 3.75. The quantitative estimate of drug-likeness (QED) is 0.838. The fraction of sp³-hybridized carbons (Fsp3) is 0.556. The average molecular weight is 333 g/mol. The molecule has 0 aromatic heterocycles. The van der Waals surface area contributed by atoms with Gasteiger partial charge in [0.1, 0.15) is 5.82 Å². The van der Waals surface area contributed by atoms with Crippen molar-refractivity contribution in [1.82, 2.24) is 14.7 Å². The highest BCUT2D eigenvalue weighted by Gasteiger charge is 2.36. The van der Waals surface area contributed by atoms with Gasteiger partial charge in [0.05, 0.1) is 5.92 Å². The number of hydrogen-bond donors (Lipinski definition) is 0. The van der Waals surface area contributed by atoms with Crippen LogP contribution in [0.15, 0.2) is 24.3 Å². The minimum absolute atomic E-state index is 0.0645. The maximum Gasteiger partial charge on any atom is 0.228 e. The fourth-order valence-corrected chi connectivity index (χ4v) is 3.45. The van der Waals surface area contributed by atoms with Gasteiger partial charge in [0.15, 0.2) is 0 Å². The topological polar surface area (TPSA) is 43.9 Å². The Balaban J connectivity index is 1.61. The molecule has 6 heteroatoms. The van der Waals surface area contributed by atoms with Crippen LogP contribution >= 0.6 is 0 Å². The summed E-state index contributed by atoms with van der Waals surface area (Å²) in [4.78, 5) is 30.7. The molecule has 0 radical (unpaired) electrons. The first-order chi connectivity index (χ1) is 11.5. The Kier molecular flexibility index (Phi) is 5.14. The highest BCUT2D eigenvalue weighted by molar-refractivity contribution is 5.89. The first-order valence-electron chi connectivity index (χ1n) is 8.53. The number of likely N-dealkylation sites (N-methyl/N-ethyl adjacent to an activating group) is 1. The first kappa shape index (κ1) is 16.9. The van der Waals surface area contributed by atoms with Gasteiger partial charge in [0.2, 0.25) is 11.8 Å². The van der Waals surface area contributed by atoms with Crippen molar-refractivity contribution in [2.75, 3.05) is 39.8 Å². The molecular formula is C18H24FN3O2. The van der Waals surface area contributed by atoms with E-state index >= 15 is 0 Å². The summed E-state index contributed by atoms with van der Waals surface area (Å²) in [6.45, 7) is 3.95. The lowest BCUT2D eigenvalue weighted by Crippen LogP contribution is -2.39. The van der Waals surface area contributed by atoms with Crippen LogP contribution in [0.25, 0.3) is 0 Å². The van der Waals surface area contributed by atoms with E-state index in [0.29, 0.717) is 18.7 Å². The van der Waals surface area contributed by atoms with E-state index in [4.69, 9.17) is 0 Å². The number of nitrogens with zero attached hydrogens (tertiary/aromatic N) is 3. The molecule has 2 fully saturated rings. The molecule has 2 amide bonds. The molecule has 0 bridgehead atoms. The molecule has 2 aliphatic heterocycles. The molecule has 0 aliphatic carbocycles. The van der Waals surface area contributed by atoms with E-state index in [-0.39, 0.29) is 36.5 Å². The van der Waals surface area contributed by atoms with Crippen molar-refractivity contribution in [2.45, 2.75) is 19.4 Å². The molecule has 5 nitrogen and oxygen atoms in total. The van der Waals surface area contributed by atoms with Crippen LogP contribution in [-0.4, -0.2) is 66.3 Å². The van der Waals surface area contributed by atoms with Gasteiger partial charge in [-0.05, 0) is 26.1 Å². The van der Waals surface area contributed by atoms with Crippen molar-refractivity contribution in [3.05, 3.63) is 35.6 Å². The molecule has 3 rings (SSSR count). The summed E-state index contributed by atoms with van der Waals surface area (Å²) in [6, 6.07) is 6.47. The minimum Gasteiger partial charge on any atom is -0.341 e. The Morgan fingerprint density at radius 2 is 2.00 bits per heavy atom. The molecule has 24 heavy (non-hydrogen) atoms. The SMILES string of the molecule is CN1CCCN(C(=O)C2CC(=O)N(Cc3ccccc3F)C2)CC1. The summed E-state index contributed by atoms with van der Waals surface area (Å²) >= 11 is 0. The highest BCUT2D eigenvalue weighted by Crippen LogP contribution is 2.23. The Morgan fingerprint density at radius 3 is 2.79 bits per heavy atom. The molecule has 1 aromatic carbocycles. The number of carbonyl (C=O) groups excluding carboxylic acids is 2. The van der Waals surface area contributed by atoms with Crippen LogP contribution in [0.2, 0.25) is 0 Å². The zero-order valence-corrected chi connectivity index (χ0v) is 14.1. The van der Waals surface area contributed by atoms with Crippen molar-refractivity contribution < 1.29 is 14.0 Å². The van der Waals surface area contributed by atoms with Gasteiger partial charge in [-0.1, -0.05) is 18.2 Å². The molecule has 1 aromatic rings. The lowest BCUT2D eigenvalue weighted by atomic mass is 10.1. The summed E-state index contributed by atoms with van der Waals surface area (Å²) in [5.74, 6) is -0.610. The third-order valence-corrected chi connectivity index (χ3v) is 4.91. The van der Waals surface area contributed by atoms with Crippen LogP contribution in [-0.2, 0) is 16.1 Å². The molecular weight excluding hydrogens is 309 g/mol. The predicted octanol–water partition coefficient (Wildman–Crippen LogP) is 1.34. The molecule has 1 atom stereocenters. The van der Waals surface area contributed by atoms with Crippen LogP contribution in [0.5, 0.6) is 0 Å². The van der Waals surface area contributed by atoms with E-state index in [9.17, 15) is 14.0 Å². The van der Waals surface area contributed by atoms with Crippen molar-refractivity contribution in [3.63, 3.8) is 0 Å². The van der Waals surface area contributed by atoms with Gasteiger partial charge in [0, 0.05) is 44.7 Å². The van der Waals surface area contributed by atoms with Crippen LogP contribution < -0.4 is 0 Å². The van der Waals surface area contributed by atoms with Crippen molar-refractivity contribution in [1.29, 1.82) is 0 Å². The number of hydrogen-bond acceptors (Lipinski definition) is 3. The maximum atomic E-state index is 13.8. The average Bonchev–Trinajstić information content (AvgIpc) is 2.78. The van der Waals surface area contributed by atoms with Crippen LogP contribution in [0.3, 0.4) is 0 Å². The Bertz CT molecular complexity index is 622. The predicted molar refractivity (Wildman–Crippen MR) is 88.6 cm³/mol. The molecule has 0 N–H and O–H groups in total. The highest BCUT2D eigenvalue weighted by atomic mass is 19.1. The van der Waals surface area contributed by atoms with E-state index in [0.717, 1.165) is 26.1 Å². The standard InChI is InChI=1S/C18H24FN3O2/c1-20-7-4-8-21(10-9-20)18(24)15-11-17(23)22(13-15)12-14-5-2-3-6-16(14)19/h2-3,5-6,15H,4,7-13H2,1H3.